The predicted octanol–water partition coefficient (Wildman–Crippen LogP) is 1.74. The summed E-state index contributed by atoms with van der Waals surface area (Å²) in [4.78, 5) is 25.4. The lowest BCUT2D eigenvalue weighted by molar-refractivity contribution is -0.130. The molecule has 6 heteroatoms. The van der Waals surface area contributed by atoms with Crippen molar-refractivity contribution in [3.05, 3.63) is 29.8 Å². The number of amides is 3. The third kappa shape index (κ3) is 6.58. The van der Waals surface area contributed by atoms with E-state index in [4.69, 9.17) is 5.11 Å². The van der Waals surface area contributed by atoms with Gasteiger partial charge in [-0.25, -0.2) is 4.79 Å². The molecule has 0 bridgehead atoms. The first-order valence-electron chi connectivity index (χ1n) is 7.57. The number of aliphatic hydroxyl groups is 1. The Hall–Kier alpha value is -2.08. The molecule has 122 valence electrons. The molecule has 0 atom stereocenters. The number of urea groups is 1. The number of benzene rings is 1. The van der Waals surface area contributed by atoms with Crippen molar-refractivity contribution in [1.82, 2.24) is 10.2 Å². The highest BCUT2D eigenvalue weighted by atomic mass is 16.3. The Balaban J connectivity index is 2.42. The molecule has 0 heterocycles. The van der Waals surface area contributed by atoms with Crippen LogP contribution in [0.25, 0.3) is 0 Å². The minimum Gasteiger partial charge on any atom is -0.395 e. The lowest BCUT2D eigenvalue weighted by Gasteiger charge is -2.21. The van der Waals surface area contributed by atoms with Crippen LogP contribution in [0.3, 0.4) is 0 Å². The molecule has 0 saturated heterocycles. The Labute approximate surface area is 131 Å². The van der Waals surface area contributed by atoms with Gasteiger partial charge in [-0.2, -0.15) is 0 Å². The van der Waals surface area contributed by atoms with E-state index in [2.05, 4.69) is 10.6 Å². The molecule has 0 radical (unpaired) electrons. The number of hydrogen-bond acceptors (Lipinski definition) is 3. The van der Waals surface area contributed by atoms with Gasteiger partial charge in [0.25, 0.3) is 0 Å². The second-order valence-corrected chi connectivity index (χ2v) is 5.14. The third-order valence-electron chi connectivity index (χ3n) is 3.18. The first-order valence-corrected chi connectivity index (χ1v) is 7.57. The number of carbonyl (C=O) groups is 2. The molecule has 0 aliphatic rings. The van der Waals surface area contributed by atoms with Crippen molar-refractivity contribution in [2.24, 2.45) is 0 Å². The zero-order valence-corrected chi connectivity index (χ0v) is 13.3. The van der Waals surface area contributed by atoms with Gasteiger partial charge in [-0.15, -0.1) is 0 Å². The van der Waals surface area contributed by atoms with E-state index in [9.17, 15) is 9.59 Å². The highest BCUT2D eigenvalue weighted by Crippen LogP contribution is 2.08. The smallest absolute Gasteiger partial charge is 0.319 e. The third-order valence-corrected chi connectivity index (χ3v) is 3.18. The maximum absolute atomic E-state index is 12.0. The van der Waals surface area contributed by atoms with Crippen LogP contribution in [-0.4, -0.2) is 48.2 Å². The van der Waals surface area contributed by atoms with Crippen LogP contribution in [-0.2, 0) is 4.79 Å². The largest absolute Gasteiger partial charge is 0.395 e. The second kappa shape index (κ2) is 9.78. The number of aliphatic hydroxyl groups excluding tert-OH is 1. The summed E-state index contributed by atoms with van der Waals surface area (Å²) in [5, 5.41) is 14.2. The number of rotatable bonds is 8. The van der Waals surface area contributed by atoms with Crippen LogP contribution in [0.2, 0.25) is 0 Å². The molecule has 0 fully saturated rings. The van der Waals surface area contributed by atoms with Gasteiger partial charge >= 0.3 is 6.03 Å². The zero-order valence-electron chi connectivity index (χ0n) is 13.3. The van der Waals surface area contributed by atoms with Crippen LogP contribution < -0.4 is 10.6 Å². The zero-order chi connectivity index (χ0) is 16.4. The van der Waals surface area contributed by atoms with Crippen molar-refractivity contribution in [3.8, 4) is 0 Å². The molecule has 1 aromatic carbocycles. The van der Waals surface area contributed by atoms with Gasteiger partial charge in [-0.05, 0) is 31.0 Å². The monoisotopic (exact) mass is 307 g/mol. The Bertz CT molecular complexity index is 491. The minimum atomic E-state index is -0.418. The van der Waals surface area contributed by atoms with Crippen molar-refractivity contribution in [2.45, 2.75) is 26.7 Å². The van der Waals surface area contributed by atoms with E-state index in [-0.39, 0.29) is 19.1 Å². The molecule has 0 aliphatic carbocycles. The number of anilines is 1. The first kappa shape index (κ1) is 18.0. The molecule has 1 rings (SSSR count). The van der Waals surface area contributed by atoms with E-state index in [1.54, 1.807) is 11.0 Å². The molecule has 0 spiro atoms. The summed E-state index contributed by atoms with van der Waals surface area (Å²) in [6.45, 7) is 4.70. The molecular weight excluding hydrogens is 282 g/mol. The predicted molar refractivity (Wildman–Crippen MR) is 86.8 cm³/mol. The highest BCUT2D eigenvalue weighted by molar-refractivity contribution is 5.92. The molecule has 6 nitrogen and oxygen atoms in total. The fourth-order valence-electron chi connectivity index (χ4n) is 2.00. The van der Waals surface area contributed by atoms with Crippen molar-refractivity contribution >= 4 is 17.6 Å². The van der Waals surface area contributed by atoms with Crippen LogP contribution in [0, 0.1) is 6.92 Å². The van der Waals surface area contributed by atoms with Gasteiger partial charge in [-0.1, -0.05) is 25.5 Å². The summed E-state index contributed by atoms with van der Waals surface area (Å²) in [6, 6.07) is 7.00. The summed E-state index contributed by atoms with van der Waals surface area (Å²) in [7, 11) is 0. The molecule has 0 saturated carbocycles. The van der Waals surface area contributed by atoms with E-state index in [0.29, 0.717) is 18.8 Å². The van der Waals surface area contributed by atoms with Crippen LogP contribution in [0.15, 0.2) is 24.3 Å². The molecular formula is C16H25N3O3. The molecule has 0 aliphatic heterocycles. The summed E-state index contributed by atoms with van der Waals surface area (Å²) in [5.41, 5.74) is 1.73. The standard InChI is InChI=1S/C16H25N3O3/c1-3-4-8-19(9-10-20)15(21)12-17-16(22)18-14-7-5-6-13(2)11-14/h5-7,11,20H,3-4,8-10,12H2,1-2H3,(H2,17,18,22). The highest BCUT2D eigenvalue weighted by Gasteiger charge is 2.13. The van der Waals surface area contributed by atoms with Crippen LogP contribution in [0.1, 0.15) is 25.3 Å². The summed E-state index contributed by atoms with van der Waals surface area (Å²) in [5.74, 6) is -0.193. The van der Waals surface area contributed by atoms with E-state index >= 15 is 0 Å². The van der Waals surface area contributed by atoms with Gasteiger partial charge in [0.2, 0.25) is 5.91 Å². The summed E-state index contributed by atoms with van der Waals surface area (Å²) < 4.78 is 0. The normalized spacial score (nSPS) is 10.1. The lowest BCUT2D eigenvalue weighted by Crippen LogP contribution is -2.43. The Morgan fingerprint density at radius 2 is 2.05 bits per heavy atom. The van der Waals surface area contributed by atoms with E-state index < -0.39 is 6.03 Å². The van der Waals surface area contributed by atoms with Gasteiger partial charge in [0.1, 0.15) is 0 Å². The van der Waals surface area contributed by atoms with Crippen molar-refractivity contribution < 1.29 is 14.7 Å². The van der Waals surface area contributed by atoms with Crippen LogP contribution >= 0.6 is 0 Å². The Kier molecular flexibility index (Phi) is 7.99. The van der Waals surface area contributed by atoms with E-state index in [1.807, 2.05) is 32.0 Å². The average Bonchev–Trinajstić information content (AvgIpc) is 2.49. The fraction of sp³-hybridized carbons (Fsp3) is 0.500. The fourth-order valence-corrected chi connectivity index (χ4v) is 2.00. The quantitative estimate of drug-likeness (QED) is 0.684. The topological polar surface area (TPSA) is 81.7 Å². The minimum absolute atomic E-state index is 0.0784. The van der Waals surface area contributed by atoms with Crippen LogP contribution in [0.4, 0.5) is 10.5 Å². The lowest BCUT2D eigenvalue weighted by atomic mass is 10.2. The molecule has 3 amide bonds. The number of carbonyl (C=O) groups excluding carboxylic acids is 2. The SMILES string of the molecule is CCCCN(CCO)C(=O)CNC(=O)Nc1cccc(C)c1. The number of nitrogens with one attached hydrogen (secondary N) is 2. The maximum atomic E-state index is 12.0. The summed E-state index contributed by atoms with van der Waals surface area (Å²) >= 11 is 0. The van der Waals surface area contributed by atoms with Gasteiger partial charge in [0.15, 0.2) is 0 Å². The number of nitrogens with zero attached hydrogens (tertiary/aromatic N) is 1. The Morgan fingerprint density at radius 3 is 2.68 bits per heavy atom. The molecule has 3 N–H and O–H groups in total. The number of unbranched alkanes of at least 4 members (excludes halogenated alkanes) is 1. The average molecular weight is 307 g/mol. The van der Waals surface area contributed by atoms with Crippen molar-refractivity contribution in [3.63, 3.8) is 0 Å². The van der Waals surface area contributed by atoms with Crippen molar-refractivity contribution in [1.29, 1.82) is 0 Å². The van der Waals surface area contributed by atoms with Gasteiger partial charge < -0.3 is 20.6 Å². The van der Waals surface area contributed by atoms with Gasteiger partial charge in [-0.3, -0.25) is 4.79 Å². The number of hydrogen-bond donors (Lipinski definition) is 3. The molecule has 22 heavy (non-hydrogen) atoms. The van der Waals surface area contributed by atoms with Crippen molar-refractivity contribution in [2.75, 3.05) is 31.6 Å². The summed E-state index contributed by atoms with van der Waals surface area (Å²) in [6.07, 6.45) is 1.84. The molecule has 0 unspecified atom stereocenters. The maximum Gasteiger partial charge on any atom is 0.319 e. The van der Waals surface area contributed by atoms with E-state index in [0.717, 1.165) is 18.4 Å². The van der Waals surface area contributed by atoms with Gasteiger partial charge in [0.05, 0.1) is 13.2 Å². The van der Waals surface area contributed by atoms with Gasteiger partial charge in [0, 0.05) is 18.8 Å². The number of aryl methyl sites for hydroxylation is 1. The van der Waals surface area contributed by atoms with E-state index in [1.165, 1.54) is 0 Å². The molecule has 0 aromatic heterocycles. The Morgan fingerprint density at radius 1 is 1.27 bits per heavy atom. The second-order valence-electron chi connectivity index (χ2n) is 5.14. The first-order chi connectivity index (χ1) is 10.6. The van der Waals surface area contributed by atoms with Crippen LogP contribution in [0.5, 0.6) is 0 Å². The molecule has 1 aromatic rings.